The SMILES string of the molecule is CN=C(C)N(C)c1ccc(NC(=O)c2ccc3ccccc3c2)cc1. The maximum absolute atomic E-state index is 12.5. The van der Waals surface area contributed by atoms with E-state index in [0.717, 1.165) is 28.0 Å². The summed E-state index contributed by atoms with van der Waals surface area (Å²) in [5.74, 6) is 0.811. The van der Waals surface area contributed by atoms with Gasteiger partial charge in [0.1, 0.15) is 0 Å². The van der Waals surface area contributed by atoms with Crippen LogP contribution in [0.2, 0.25) is 0 Å². The Hall–Kier alpha value is -3.14. The number of aliphatic imine (C=N–C) groups is 1. The molecule has 0 spiro atoms. The van der Waals surface area contributed by atoms with Crippen LogP contribution in [0.15, 0.2) is 71.7 Å². The van der Waals surface area contributed by atoms with Gasteiger partial charge in [0.25, 0.3) is 5.91 Å². The third-order valence-electron chi connectivity index (χ3n) is 4.33. The first-order chi connectivity index (χ1) is 12.1. The zero-order valence-electron chi connectivity index (χ0n) is 14.7. The lowest BCUT2D eigenvalue weighted by atomic mass is 10.1. The maximum atomic E-state index is 12.5. The average molecular weight is 331 g/mol. The van der Waals surface area contributed by atoms with E-state index in [4.69, 9.17) is 0 Å². The molecule has 3 aromatic rings. The molecule has 4 heteroatoms. The van der Waals surface area contributed by atoms with Crippen molar-refractivity contribution in [3.05, 3.63) is 72.3 Å². The lowest BCUT2D eigenvalue weighted by Crippen LogP contribution is -2.23. The minimum absolute atomic E-state index is 0.113. The summed E-state index contributed by atoms with van der Waals surface area (Å²) >= 11 is 0. The number of hydrogen-bond acceptors (Lipinski definition) is 2. The summed E-state index contributed by atoms with van der Waals surface area (Å²) in [6, 6.07) is 21.5. The van der Waals surface area contributed by atoms with E-state index in [1.807, 2.05) is 85.6 Å². The molecule has 0 aliphatic carbocycles. The van der Waals surface area contributed by atoms with Crippen LogP contribution in [0.1, 0.15) is 17.3 Å². The van der Waals surface area contributed by atoms with Gasteiger partial charge in [0, 0.05) is 31.0 Å². The monoisotopic (exact) mass is 331 g/mol. The average Bonchev–Trinajstić information content (AvgIpc) is 2.67. The fourth-order valence-electron chi connectivity index (χ4n) is 2.64. The van der Waals surface area contributed by atoms with Crippen LogP contribution in [-0.2, 0) is 0 Å². The van der Waals surface area contributed by atoms with E-state index in [1.165, 1.54) is 0 Å². The third kappa shape index (κ3) is 3.69. The van der Waals surface area contributed by atoms with Gasteiger partial charge >= 0.3 is 0 Å². The van der Waals surface area contributed by atoms with E-state index >= 15 is 0 Å². The van der Waals surface area contributed by atoms with Crippen LogP contribution < -0.4 is 10.2 Å². The molecule has 3 aromatic carbocycles. The zero-order chi connectivity index (χ0) is 17.8. The van der Waals surface area contributed by atoms with Gasteiger partial charge < -0.3 is 10.2 Å². The Balaban J connectivity index is 1.76. The molecule has 0 unspecified atom stereocenters. The van der Waals surface area contributed by atoms with Gasteiger partial charge in [-0.15, -0.1) is 0 Å². The van der Waals surface area contributed by atoms with Crippen molar-refractivity contribution in [3.63, 3.8) is 0 Å². The molecule has 0 aliphatic heterocycles. The second-order valence-electron chi connectivity index (χ2n) is 5.89. The normalized spacial score (nSPS) is 11.4. The first-order valence-corrected chi connectivity index (χ1v) is 8.16. The summed E-state index contributed by atoms with van der Waals surface area (Å²) in [7, 11) is 3.73. The summed E-state index contributed by atoms with van der Waals surface area (Å²) < 4.78 is 0. The molecule has 0 bridgehead atoms. The number of anilines is 2. The van der Waals surface area contributed by atoms with Gasteiger partial charge in [0.2, 0.25) is 0 Å². The van der Waals surface area contributed by atoms with Crippen molar-refractivity contribution >= 4 is 33.9 Å². The smallest absolute Gasteiger partial charge is 0.255 e. The van der Waals surface area contributed by atoms with Crippen LogP contribution in [-0.4, -0.2) is 25.8 Å². The van der Waals surface area contributed by atoms with Crippen molar-refractivity contribution in [1.29, 1.82) is 0 Å². The van der Waals surface area contributed by atoms with Gasteiger partial charge in [-0.3, -0.25) is 9.79 Å². The number of rotatable bonds is 3. The highest BCUT2D eigenvalue weighted by atomic mass is 16.1. The standard InChI is InChI=1S/C21H21N3O/c1-15(22-2)24(3)20-12-10-19(11-13-20)23-21(25)18-9-8-16-6-4-5-7-17(16)14-18/h4-14H,1-3H3,(H,23,25). The maximum Gasteiger partial charge on any atom is 0.255 e. The third-order valence-corrected chi connectivity index (χ3v) is 4.33. The molecule has 0 aromatic heterocycles. The topological polar surface area (TPSA) is 44.7 Å². The molecule has 0 heterocycles. The molecule has 0 atom stereocenters. The van der Waals surface area contributed by atoms with Crippen molar-refractivity contribution in [2.45, 2.75) is 6.92 Å². The largest absolute Gasteiger partial charge is 0.334 e. The van der Waals surface area contributed by atoms with Crippen LogP contribution in [0.5, 0.6) is 0 Å². The number of amides is 1. The Labute approximate surface area is 147 Å². The summed E-state index contributed by atoms with van der Waals surface area (Å²) in [4.78, 5) is 18.7. The van der Waals surface area contributed by atoms with Crippen LogP contribution >= 0.6 is 0 Å². The predicted molar refractivity (Wildman–Crippen MR) is 106 cm³/mol. The molecular formula is C21H21N3O. The van der Waals surface area contributed by atoms with E-state index in [1.54, 1.807) is 7.05 Å². The molecule has 1 N–H and O–H groups in total. The molecule has 0 fully saturated rings. The number of fused-ring (bicyclic) bond motifs is 1. The van der Waals surface area contributed by atoms with E-state index < -0.39 is 0 Å². The Kier molecular flexibility index (Phi) is 4.80. The number of benzene rings is 3. The highest BCUT2D eigenvalue weighted by molar-refractivity contribution is 6.06. The molecule has 0 saturated heterocycles. The second kappa shape index (κ2) is 7.18. The second-order valence-corrected chi connectivity index (χ2v) is 5.89. The molecule has 25 heavy (non-hydrogen) atoms. The fraction of sp³-hybridized carbons (Fsp3) is 0.143. The first kappa shape index (κ1) is 16.7. The minimum Gasteiger partial charge on any atom is -0.334 e. The summed E-state index contributed by atoms with van der Waals surface area (Å²) in [5.41, 5.74) is 2.43. The number of amidine groups is 1. The molecule has 1 amide bonds. The van der Waals surface area contributed by atoms with Gasteiger partial charge in [0.05, 0.1) is 5.84 Å². The van der Waals surface area contributed by atoms with E-state index in [9.17, 15) is 4.79 Å². The highest BCUT2D eigenvalue weighted by Crippen LogP contribution is 2.19. The predicted octanol–water partition coefficient (Wildman–Crippen LogP) is 4.58. The molecule has 3 rings (SSSR count). The molecule has 0 saturated carbocycles. The number of nitrogens with zero attached hydrogens (tertiary/aromatic N) is 2. The van der Waals surface area contributed by atoms with E-state index in [-0.39, 0.29) is 5.91 Å². The van der Waals surface area contributed by atoms with Crippen molar-refractivity contribution in [2.24, 2.45) is 4.99 Å². The summed E-state index contributed by atoms with van der Waals surface area (Å²) in [5, 5.41) is 5.13. The molecule has 4 nitrogen and oxygen atoms in total. The van der Waals surface area contributed by atoms with Gasteiger partial charge in [0.15, 0.2) is 0 Å². The van der Waals surface area contributed by atoms with Crippen molar-refractivity contribution < 1.29 is 4.79 Å². The zero-order valence-corrected chi connectivity index (χ0v) is 14.7. The minimum atomic E-state index is -0.113. The highest BCUT2D eigenvalue weighted by Gasteiger charge is 2.08. The Bertz CT molecular complexity index is 929. The van der Waals surface area contributed by atoms with Crippen LogP contribution in [0, 0.1) is 0 Å². The summed E-state index contributed by atoms with van der Waals surface area (Å²) in [6.07, 6.45) is 0. The molecule has 0 radical (unpaired) electrons. The quantitative estimate of drug-likeness (QED) is 0.564. The Morgan fingerprint density at radius 2 is 1.64 bits per heavy atom. The summed E-state index contributed by atoms with van der Waals surface area (Å²) in [6.45, 7) is 1.95. The number of hydrogen-bond donors (Lipinski definition) is 1. The molecule has 126 valence electrons. The number of carbonyl (C=O) groups is 1. The molecular weight excluding hydrogens is 310 g/mol. The van der Waals surface area contributed by atoms with E-state index in [2.05, 4.69) is 10.3 Å². The lowest BCUT2D eigenvalue weighted by Gasteiger charge is -2.18. The van der Waals surface area contributed by atoms with Crippen molar-refractivity contribution in [1.82, 2.24) is 0 Å². The first-order valence-electron chi connectivity index (χ1n) is 8.16. The molecule has 0 aliphatic rings. The number of nitrogens with one attached hydrogen (secondary N) is 1. The Morgan fingerprint density at radius 1 is 0.960 bits per heavy atom. The van der Waals surface area contributed by atoms with Crippen LogP contribution in [0.4, 0.5) is 11.4 Å². The van der Waals surface area contributed by atoms with Gasteiger partial charge in [-0.25, -0.2) is 0 Å². The van der Waals surface area contributed by atoms with Gasteiger partial charge in [-0.1, -0.05) is 30.3 Å². The Morgan fingerprint density at radius 3 is 2.32 bits per heavy atom. The van der Waals surface area contributed by atoms with Crippen LogP contribution in [0.25, 0.3) is 10.8 Å². The van der Waals surface area contributed by atoms with E-state index in [0.29, 0.717) is 5.56 Å². The van der Waals surface area contributed by atoms with Gasteiger partial charge in [-0.05, 0) is 54.1 Å². The van der Waals surface area contributed by atoms with Gasteiger partial charge in [-0.2, -0.15) is 0 Å². The lowest BCUT2D eigenvalue weighted by molar-refractivity contribution is 0.102. The van der Waals surface area contributed by atoms with Crippen molar-refractivity contribution in [3.8, 4) is 0 Å². The number of carbonyl (C=O) groups excluding carboxylic acids is 1. The fourth-order valence-corrected chi connectivity index (χ4v) is 2.64. The van der Waals surface area contributed by atoms with Crippen molar-refractivity contribution in [2.75, 3.05) is 24.3 Å². The van der Waals surface area contributed by atoms with Crippen LogP contribution in [0.3, 0.4) is 0 Å².